The van der Waals surface area contributed by atoms with Gasteiger partial charge in [0, 0.05) is 18.7 Å². The van der Waals surface area contributed by atoms with Crippen molar-refractivity contribution in [1.29, 1.82) is 0 Å². The first-order valence-corrected chi connectivity index (χ1v) is 11.8. The minimum absolute atomic E-state index is 0.212. The molecule has 2 aliphatic rings. The molecule has 1 aliphatic heterocycles. The first kappa shape index (κ1) is 21.1. The predicted octanol–water partition coefficient (Wildman–Crippen LogP) is 6.00. The summed E-state index contributed by atoms with van der Waals surface area (Å²) in [5.41, 5.74) is 5.22. The van der Waals surface area contributed by atoms with E-state index in [1.54, 1.807) is 0 Å². The number of hydrogen-bond donors (Lipinski definition) is 0. The van der Waals surface area contributed by atoms with Crippen molar-refractivity contribution in [1.82, 2.24) is 9.78 Å². The molecule has 0 N–H and O–H groups in total. The molecule has 1 aromatic heterocycles. The monoisotopic (exact) mass is 431 g/mol. The molecule has 5 rings (SSSR count). The fourth-order valence-corrected chi connectivity index (χ4v) is 4.06. The number of ether oxygens (including phenoxy) is 2. The average molecular weight is 432 g/mol. The van der Waals surface area contributed by atoms with Crippen molar-refractivity contribution < 1.29 is 9.47 Å². The SMILES string of the molecule is CC(C)(C)OCc1cc(-c2cccc(OC3CCC3)c2)n(-c2ccccc2N2CCC2)n1. The van der Waals surface area contributed by atoms with E-state index in [1.807, 2.05) is 0 Å². The molecule has 32 heavy (non-hydrogen) atoms. The molecular formula is C27H33N3O2. The van der Waals surface area contributed by atoms with Crippen LogP contribution < -0.4 is 9.64 Å². The third-order valence-electron chi connectivity index (χ3n) is 6.20. The van der Waals surface area contributed by atoms with Gasteiger partial charge in [0.25, 0.3) is 0 Å². The average Bonchev–Trinajstić information content (AvgIpc) is 3.12. The summed E-state index contributed by atoms with van der Waals surface area (Å²) in [6.07, 6.45) is 5.17. The molecule has 3 aromatic rings. The van der Waals surface area contributed by atoms with E-state index in [4.69, 9.17) is 14.6 Å². The van der Waals surface area contributed by atoms with Gasteiger partial charge in [-0.3, -0.25) is 0 Å². The summed E-state index contributed by atoms with van der Waals surface area (Å²) >= 11 is 0. The van der Waals surface area contributed by atoms with Crippen molar-refractivity contribution in [2.45, 2.75) is 64.8 Å². The number of aromatic nitrogens is 2. The Morgan fingerprint density at radius 2 is 1.72 bits per heavy atom. The van der Waals surface area contributed by atoms with Crippen molar-refractivity contribution in [3.05, 3.63) is 60.3 Å². The summed E-state index contributed by atoms with van der Waals surface area (Å²) in [4.78, 5) is 2.42. The minimum Gasteiger partial charge on any atom is -0.490 e. The van der Waals surface area contributed by atoms with Gasteiger partial charge < -0.3 is 14.4 Å². The lowest BCUT2D eigenvalue weighted by molar-refractivity contribution is -0.0165. The van der Waals surface area contributed by atoms with E-state index >= 15 is 0 Å². The van der Waals surface area contributed by atoms with Crippen LogP contribution in [-0.2, 0) is 11.3 Å². The summed E-state index contributed by atoms with van der Waals surface area (Å²) in [5, 5.41) is 5.00. The molecular weight excluding hydrogens is 398 g/mol. The molecule has 5 heteroatoms. The standard InChI is InChI=1S/C27H33N3O2/c1-27(2,3)31-19-21-18-26(20-9-6-12-23(17-20)32-22-10-7-11-22)30(28-21)25-14-5-4-13-24(25)29-15-8-16-29/h4-6,9,12-14,17-18,22H,7-8,10-11,15-16,19H2,1-3H3. The van der Waals surface area contributed by atoms with Gasteiger partial charge in [-0.1, -0.05) is 24.3 Å². The summed E-state index contributed by atoms with van der Waals surface area (Å²) in [5.74, 6) is 0.934. The van der Waals surface area contributed by atoms with Gasteiger partial charge >= 0.3 is 0 Å². The van der Waals surface area contributed by atoms with Gasteiger partial charge in [-0.2, -0.15) is 5.10 Å². The van der Waals surface area contributed by atoms with Crippen LogP contribution in [0.2, 0.25) is 0 Å². The topological polar surface area (TPSA) is 39.5 Å². The first-order chi connectivity index (χ1) is 15.5. The second-order valence-electron chi connectivity index (χ2n) is 9.86. The Morgan fingerprint density at radius 3 is 2.38 bits per heavy atom. The molecule has 2 heterocycles. The van der Waals surface area contributed by atoms with E-state index in [0.717, 1.165) is 54.3 Å². The van der Waals surface area contributed by atoms with Gasteiger partial charge in [-0.05, 0) is 76.8 Å². The second-order valence-corrected chi connectivity index (χ2v) is 9.86. The maximum Gasteiger partial charge on any atom is 0.120 e. The molecule has 1 saturated heterocycles. The van der Waals surface area contributed by atoms with Gasteiger partial charge in [-0.15, -0.1) is 0 Å². The van der Waals surface area contributed by atoms with E-state index in [2.05, 4.69) is 85.0 Å². The van der Waals surface area contributed by atoms with E-state index < -0.39 is 0 Å². The fourth-order valence-electron chi connectivity index (χ4n) is 4.06. The van der Waals surface area contributed by atoms with Gasteiger partial charge in [0.15, 0.2) is 0 Å². The number of benzene rings is 2. The van der Waals surface area contributed by atoms with Crippen molar-refractivity contribution in [3.8, 4) is 22.7 Å². The summed E-state index contributed by atoms with van der Waals surface area (Å²) in [7, 11) is 0. The summed E-state index contributed by atoms with van der Waals surface area (Å²) < 4.78 is 14.3. The van der Waals surface area contributed by atoms with Crippen LogP contribution in [0.1, 0.15) is 52.1 Å². The zero-order valence-corrected chi connectivity index (χ0v) is 19.4. The third kappa shape index (κ3) is 4.53. The molecule has 5 nitrogen and oxygen atoms in total. The predicted molar refractivity (Wildman–Crippen MR) is 129 cm³/mol. The van der Waals surface area contributed by atoms with Crippen LogP contribution >= 0.6 is 0 Å². The Labute approximate surface area is 191 Å². The molecule has 2 aromatic carbocycles. The largest absolute Gasteiger partial charge is 0.490 e. The Morgan fingerprint density at radius 1 is 0.938 bits per heavy atom. The highest BCUT2D eigenvalue weighted by Crippen LogP contribution is 2.34. The quantitative estimate of drug-likeness (QED) is 0.460. The van der Waals surface area contributed by atoms with Crippen LogP contribution in [0.5, 0.6) is 5.75 Å². The molecule has 0 radical (unpaired) electrons. The lowest BCUT2D eigenvalue weighted by atomic mass is 9.96. The summed E-state index contributed by atoms with van der Waals surface area (Å²) in [6.45, 7) is 8.90. The highest BCUT2D eigenvalue weighted by Gasteiger charge is 2.23. The Bertz CT molecular complexity index is 1070. The van der Waals surface area contributed by atoms with Crippen molar-refractivity contribution in [3.63, 3.8) is 0 Å². The highest BCUT2D eigenvalue weighted by atomic mass is 16.5. The highest BCUT2D eigenvalue weighted by molar-refractivity contribution is 5.70. The van der Waals surface area contributed by atoms with Gasteiger partial charge in [0.2, 0.25) is 0 Å². The Balaban J connectivity index is 1.54. The fraction of sp³-hybridized carbons (Fsp3) is 0.444. The Hall–Kier alpha value is -2.79. The van der Waals surface area contributed by atoms with Crippen molar-refractivity contribution >= 4 is 5.69 Å². The van der Waals surface area contributed by atoms with Crippen LogP contribution in [0.4, 0.5) is 5.69 Å². The number of para-hydroxylation sites is 2. The molecule has 2 fully saturated rings. The van der Waals surface area contributed by atoms with E-state index in [-0.39, 0.29) is 5.60 Å². The minimum atomic E-state index is -0.212. The third-order valence-corrected chi connectivity index (χ3v) is 6.20. The molecule has 0 bridgehead atoms. The molecule has 0 atom stereocenters. The smallest absolute Gasteiger partial charge is 0.120 e. The van der Waals surface area contributed by atoms with Gasteiger partial charge in [0.1, 0.15) is 5.75 Å². The van der Waals surface area contributed by atoms with E-state index in [1.165, 1.54) is 18.5 Å². The number of rotatable bonds is 7. The molecule has 0 amide bonds. The van der Waals surface area contributed by atoms with Crippen LogP contribution in [0.25, 0.3) is 16.9 Å². The number of hydrogen-bond acceptors (Lipinski definition) is 4. The maximum atomic E-state index is 6.18. The molecule has 1 saturated carbocycles. The van der Waals surface area contributed by atoms with Crippen LogP contribution in [0.15, 0.2) is 54.6 Å². The number of anilines is 1. The van der Waals surface area contributed by atoms with E-state index in [9.17, 15) is 0 Å². The normalized spacial score (nSPS) is 16.5. The molecule has 168 valence electrons. The van der Waals surface area contributed by atoms with Crippen molar-refractivity contribution in [2.75, 3.05) is 18.0 Å². The first-order valence-electron chi connectivity index (χ1n) is 11.8. The van der Waals surface area contributed by atoms with Crippen LogP contribution in [0.3, 0.4) is 0 Å². The van der Waals surface area contributed by atoms with Crippen LogP contribution in [0, 0.1) is 0 Å². The van der Waals surface area contributed by atoms with Crippen molar-refractivity contribution in [2.24, 2.45) is 0 Å². The lowest BCUT2D eigenvalue weighted by Crippen LogP contribution is -2.37. The number of nitrogens with zero attached hydrogens (tertiary/aromatic N) is 3. The van der Waals surface area contributed by atoms with Crippen LogP contribution in [-0.4, -0.2) is 34.6 Å². The Kier molecular flexibility index (Phi) is 5.68. The summed E-state index contributed by atoms with van der Waals surface area (Å²) in [6, 6.07) is 19.1. The lowest BCUT2D eigenvalue weighted by Gasteiger charge is -2.34. The zero-order chi connectivity index (χ0) is 22.1. The van der Waals surface area contributed by atoms with Gasteiger partial charge in [0.05, 0.1) is 41.1 Å². The van der Waals surface area contributed by atoms with E-state index in [0.29, 0.717) is 12.7 Å². The van der Waals surface area contributed by atoms with Gasteiger partial charge in [-0.25, -0.2) is 4.68 Å². The molecule has 1 aliphatic carbocycles. The maximum absolute atomic E-state index is 6.18. The molecule has 0 unspecified atom stereocenters. The zero-order valence-electron chi connectivity index (χ0n) is 19.4. The molecule has 0 spiro atoms. The second kappa shape index (κ2) is 8.62.